The van der Waals surface area contributed by atoms with E-state index in [0.29, 0.717) is 49.9 Å². The Morgan fingerprint density at radius 2 is 1.67 bits per heavy atom. The van der Waals surface area contributed by atoms with E-state index < -0.39 is 23.6 Å². The zero-order valence-electron chi connectivity index (χ0n) is 29.0. The Labute approximate surface area is 271 Å². The van der Waals surface area contributed by atoms with Crippen molar-refractivity contribution in [3.63, 3.8) is 0 Å². The van der Waals surface area contributed by atoms with Crippen LogP contribution in [0.5, 0.6) is 11.5 Å². The van der Waals surface area contributed by atoms with Gasteiger partial charge in [0.05, 0.1) is 19.8 Å². The van der Waals surface area contributed by atoms with Gasteiger partial charge in [0.1, 0.15) is 12.1 Å². The molecule has 1 fully saturated rings. The predicted molar refractivity (Wildman–Crippen MR) is 177 cm³/mol. The molecule has 0 aromatic heterocycles. The summed E-state index contributed by atoms with van der Waals surface area (Å²) in [6.07, 6.45) is 4.10. The summed E-state index contributed by atoms with van der Waals surface area (Å²) >= 11 is 0. The van der Waals surface area contributed by atoms with E-state index >= 15 is 0 Å². The summed E-state index contributed by atoms with van der Waals surface area (Å²) in [7, 11) is 3.30. The lowest BCUT2D eigenvalue weighted by Crippen LogP contribution is -2.49. The maximum Gasteiger partial charge on any atom is 0.323 e. The number of hydrogen-bond donors (Lipinski definition) is 4. The summed E-state index contributed by atoms with van der Waals surface area (Å²) in [5.41, 5.74) is 12.9. The van der Waals surface area contributed by atoms with E-state index in [1.54, 1.807) is 14.2 Å². The van der Waals surface area contributed by atoms with E-state index in [4.69, 9.17) is 30.4 Å². The first-order valence-corrected chi connectivity index (χ1v) is 16.7. The Morgan fingerprint density at radius 3 is 2.24 bits per heavy atom. The Bertz CT molecular complexity index is 1040. The quantitative estimate of drug-likeness (QED) is 0.129. The number of esters is 1. The SMILES string of the molecule is COCCCOc1cc(CC(C[C@H](N)C(O)CNC(=O)C(C)(C)[C@H]2CC[C@H](OC(=O)[C@@H](N)C(C)C)CC2)C(C)C)ccc1OC. The minimum absolute atomic E-state index is 0.0226. The summed E-state index contributed by atoms with van der Waals surface area (Å²) in [5, 5.41) is 13.9. The van der Waals surface area contributed by atoms with Gasteiger partial charge in [-0.05, 0) is 79.9 Å². The van der Waals surface area contributed by atoms with Gasteiger partial charge in [-0.1, -0.05) is 47.6 Å². The molecule has 0 aliphatic heterocycles. The smallest absolute Gasteiger partial charge is 0.323 e. The number of hydrogen-bond acceptors (Lipinski definition) is 9. The monoisotopic (exact) mass is 635 g/mol. The lowest BCUT2D eigenvalue weighted by Gasteiger charge is -2.38. The van der Waals surface area contributed by atoms with Crippen LogP contribution in [0.2, 0.25) is 0 Å². The number of aliphatic hydroxyl groups is 1. The van der Waals surface area contributed by atoms with E-state index in [0.717, 1.165) is 31.2 Å². The topological polar surface area (TPSA) is 155 Å². The van der Waals surface area contributed by atoms with Crippen LogP contribution < -0.4 is 26.3 Å². The van der Waals surface area contributed by atoms with Gasteiger partial charge in [-0.25, -0.2) is 0 Å². The van der Waals surface area contributed by atoms with Gasteiger partial charge in [0.15, 0.2) is 11.5 Å². The number of carbonyl (C=O) groups is 2. The average Bonchev–Trinajstić information content (AvgIpc) is 3.01. The molecule has 0 spiro atoms. The molecule has 1 aromatic rings. The second-order valence-corrected chi connectivity index (χ2v) is 14.0. The van der Waals surface area contributed by atoms with E-state index in [-0.39, 0.29) is 42.3 Å². The molecule has 0 bridgehead atoms. The lowest BCUT2D eigenvalue weighted by molar-refractivity contribution is -0.155. The van der Waals surface area contributed by atoms with Crippen LogP contribution in [0.1, 0.15) is 85.6 Å². The van der Waals surface area contributed by atoms with Crippen molar-refractivity contribution >= 4 is 11.9 Å². The van der Waals surface area contributed by atoms with Crippen molar-refractivity contribution in [3.8, 4) is 11.5 Å². The Balaban J connectivity index is 1.89. The Kier molecular flexibility index (Phi) is 16.1. The van der Waals surface area contributed by atoms with Crippen LogP contribution in [0.25, 0.3) is 0 Å². The van der Waals surface area contributed by atoms with Gasteiger partial charge in [-0.2, -0.15) is 0 Å². The minimum Gasteiger partial charge on any atom is -0.493 e. The van der Waals surface area contributed by atoms with Gasteiger partial charge in [0, 0.05) is 38.1 Å². The molecular formula is C35H61N3O7. The predicted octanol–water partition coefficient (Wildman–Crippen LogP) is 4.23. The maximum atomic E-state index is 13.3. The molecule has 2 unspecified atom stereocenters. The summed E-state index contributed by atoms with van der Waals surface area (Å²) in [6.45, 7) is 13.3. The first-order chi connectivity index (χ1) is 21.2. The number of amides is 1. The van der Waals surface area contributed by atoms with Crippen LogP contribution in [0.3, 0.4) is 0 Å². The second kappa shape index (κ2) is 18.7. The highest BCUT2D eigenvalue weighted by atomic mass is 16.5. The standard InChI is InChI=1S/C35H61N3O7/c1-22(2)25(18-24-10-15-30(43-8)31(19-24)44-17-9-16-42-7)20-28(36)29(39)21-38-34(41)35(5,6)26-11-13-27(14-12-26)45-33(40)32(37)23(3)4/h10,15,19,22-23,25-29,32,39H,9,11-14,16-18,20-21,36-37H2,1-8H3,(H,38,41)/t25?,26-,27-,28-,29?,32-/m0/s1. The van der Waals surface area contributed by atoms with E-state index in [1.807, 2.05) is 45.9 Å². The first-order valence-electron chi connectivity index (χ1n) is 16.7. The molecule has 0 radical (unpaired) electrons. The van der Waals surface area contributed by atoms with Crippen LogP contribution in [-0.4, -0.2) is 75.3 Å². The number of nitrogens with one attached hydrogen (secondary N) is 1. The molecule has 1 amide bonds. The largest absolute Gasteiger partial charge is 0.493 e. The molecule has 1 saturated carbocycles. The summed E-state index contributed by atoms with van der Waals surface area (Å²) < 4.78 is 22.2. The number of benzene rings is 1. The van der Waals surface area contributed by atoms with Gasteiger partial charge < -0.3 is 40.8 Å². The van der Waals surface area contributed by atoms with Gasteiger partial charge in [-0.3, -0.25) is 9.59 Å². The second-order valence-electron chi connectivity index (χ2n) is 14.0. The van der Waals surface area contributed by atoms with Crippen molar-refractivity contribution in [3.05, 3.63) is 23.8 Å². The van der Waals surface area contributed by atoms with Crippen LogP contribution in [0.4, 0.5) is 0 Å². The third kappa shape index (κ3) is 12.0. The van der Waals surface area contributed by atoms with Crippen molar-refractivity contribution in [1.29, 1.82) is 0 Å². The fraction of sp³-hybridized carbons (Fsp3) is 0.771. The van der Waals surface area contributed by atoms with Gasteiger partial charge in [-0.15, -0.1) is 0 Å². The summed E-state index contributed by atoms with van der Waals surface area (Å²) in [6, 6.07) is 4.86. The molecule has 45 heavy (non-hydrogen) atoms. The average molecular weight is 636 g/mol. The maximum absolute atomic E-state index is 13.3. The Morgan fingerprint density at radius 1 is 1.00 bits per heavy atom. The zero-order valence-corrected chi connectivity index (χ0v) is 29.0. The summed E-state index contributed by atoms with van der Waals surface area (Å²) in [5.74, 6) is 1.64. The molecule has 1 aliphatic carbocycles. The third-order valence-electron chi connectivity index (χ3n) is 9.51. The molecule has 2 rings (SSSR count). The van der Waals surface area contributed by atoms with E-state index in [1.165, 1.54) is 0 Å². The molecule has 1 aliphatic rings. The number of rotatable bonds is 19. The van der Waals surface area contributed by atoms with Gasteiger partial charge in [0.25, 0.3) is 0 Å². The molecule has 1 aromatic carbocycles. The van der Waals surface area contributed by atoms with Crippen LogP contribution in [0, 0.1) is 29.1 Å². The number of ether oxygens (including phenoxy) is 4. The first kappa shape index (κ1) is 38.8. The van der Waals surface area contributed by atoms with Gasteiger partial charge >= 0.3 is 5.97 Å². The molecule has 10 heteroatoms. The van der Waals surface area contributed by atoms with Crippen LogP contribution in [-0.2, 0) is 25.5 Å². The highest BCUT2D eigenvalue weighted by Gasteiger charge is 2.40. The molecule has 0 saturated heterocycles. The number of methoxy groups -OCH3 is 2. The van der Waals surface area contributed by atoms with Crippen molar-refractivity contribution < 1.29 is 33.6 Å². The molecule has 4 atom stereocenters. The van der Waals surface area contributed by atoms with Gasteiger partial charge in [0.2, 0.25) is 5.91 Å². The fourth-order valence-electron chi connectivity index (χ4n) is 5.93. The van der Waals surface area contributed by atoms with E-state index in [9.17, 15) is 14.7 Å². The highest BCUT2D eigenvalue weighted by Crippen LogP contribution is 2.39. The number of aliphatic hydroxyl groups excluding tert-OH is 1. The Hall–Kier alpha value is -2.40. The number of nitrogens with two attached hydrogens (primary N) is 2. The molecule has 6 N–H and O–H groups in total. The molecule has 0 heterocycles. The zero-order chi connectivity index (χ0) is 33.7. The number of carbonyl (C=O) groups excluding carboxylic acids is 2. The van der Waals surface area contributed by atoms with E-state index in [2.05, 4.69) is 19.2 Å². The molecular weight excluding hydrogens is 574 g/mol. The normalized spacial score (nSPS) is 19.9. The highest BCUT2D eigenvalue weighted by molar-refractivity contribution is 5.82. The van der Waals surface area contributed by atoms with Crippen molar-refractivity contribution in [1.82, 2.24) is 5.32 Å². The van der Waals surface area contributed by atoms with Crippen molar-refractivity contribution in [2.45, 2.75) is 111 Å². The molecule has 10 nitrogen and oxygen atoms in total. The van der Waals surface area contributed by atoms with Crippen LogP contribution >= 0.6 is 0 Å². The van der Waals surface area contributed by atoms with Crippen molar-refractivity contribution in [2.24, 2.45) is 40.6 Å². The third-order valence-corrected chi connectivity index (χ3v) is 9.51. The van der Waals surface area contributed by atoms with Crippen LogP contribution in [0.15, 0.2) is 18.2 Å². The van der Waals surface area contributed by atoms with Crippen molar-refractivity contribution in [2.75, 3.05) is 34.0 Å². The lowest BCUT2D eigenvalue weighted by atomic mass is 9.70. The summed E-state index contributed by atoms with van der Waals surface area (Å²) in [4.78, 5) is 25.6. The molecule has 258 valence electrons. The minimum atomic E-state index is -0.873. The fourth-order valence-corrected chi connectivity index (χ4v) is 5.93.